The minimum absolute atomic E-state index is 0.0548. The summed E-state index contributed by atoms with van der Waals surface area (Å²) < 4.78 is 5.96. The van der Waals surface area contributed by atoms with E-state index >= 15 is 0 Å². The van der Waals surface area contributed by atoms with Crippen LogP contribution in [0.1, 0.15) is 41.9 Å². The molecule has 0 saturated heterocycles. The molecule has 2 atom stereocenters. The van der Waals surface area contributed by atoms with Crippen LogP contribution in [0.2, 0.25) is 0 Å². The average Bonchev–Trinajstić information content (AvgIpc) is 2.94. The van der Waals surface area contributed by atoms with Gasteiger partial charge in [-0.3, -0.25) is 9.78 Å². The maximum atomic E-state index is 12.1. The van der Waals surface area contributed by atoms with Crippen molar-refractivity contribution in [2.75, 3.05) is 6.61 Å². The van der Waals surface area contributed by atoms with Crippen LogP contribution in [0.3, 0.4) is 0 Å². The third kappa shape index (κ3) is 3.82. The molecule has 0 bridgehead atoms. The molecule has 0 spiro atoms. The number of aryl methyl sites for hydroxylation is 1. The van der Waals surface area contributed by atoms with Gasteiger partial charge >= 0.3 is 0 Å². The SMILES string of the molecule is Cc1cc(-c2ccnc3c2C(=O)NC3)ccc1OCC(C)CC(C)N. The summed E-state index contributed by atoms with van der Waals surface area (Å²) in [6.07, 6.45) is 2.69. The first-order valence-corrected chi connectivity index (χ1v) is 8.71. The molecule has 2 heterocycles. The zero-order valence-electron chi connectivity index (χ0n) is 15.0. The van der Waals surface area contributed by atoms with Gasteiger partial charge in [0.2, 0.25) is 0 Å². The van der Waals surface area contributed by atoms with E-state index in [1.165, 1.54) is 0 Å². The van der Waals surface area contributed by atoms with Crippen LogP contribution in [-0.4, -0.2) is 23.5 Å². The highest BCUT2D eigenvalue weighted by Crippen LogP contribution is 2.31. The highest BCUT2D eigenvalue weighted by Gasteiger charge is 2.24. The van der Waals surface area contributed by atoms with Crippen LogP contribution in [0.15, 0.2) is 30.5 Å². The lowest BCUT2D eigenvalue weighted by Gasteiger charge is -2.17. The number of nitrogens with two attached hydrogens (primary N) is 1. The van der Waals surface area contributed by atoms with Crippen molar-refractivity contribution in [3.63, 3.8) is 0 Å². The van der Waals surface area contributed by atoms with E-state index in [1.807, 2.05) is 32.0 Å². The second-order valence-corrected chi connectivity index (χ2v) is 6.97. The number of pyridine rings is 1. The predicted molar refractivity (Wildman–Crippen MR) is 98.5 cm³/mol. The molecule has 0 radical (unpaired) electrons. The Morgan fingerprint density at radius 3 is 2.84 bits per heavy atom. The number of benzene rings is 1. The highest BCUT2D eigenvalue weighted by molar-refractivity contribution is 6.04. The summed E-state index contributed by atoms with van der Waals surface area (Å²) in [5, 5.41) is 2.83. The second-order valence-electron chi connectivity index (χ2n) is 6.97. The number of amides is 1. The van der Waals surface area contributed by atoms with Crippen LogP contribution in [0.5, 0.6) is 5.75 Å². The Balaban J connectivity index is 1.79. The number of carbonyl (C=O) groups excluding carboxylic acids is 1. The van der Waals surface area contributed by atoms with Gasteiger partial charge in [0.15, 0.2) is 0 Å². The molecule has 1 aromatic heterocycles. The Hall–Kier alpha value is -2.40. The van der Waals surface area contributed by atoms with Crippen molar-refractivity contribution in [2.24, 2.45) is 11.7 Å². The molecule has 1 aliphatic heterocycles. The number of hydrogen-bond donors (Lipinski definition) is 2. The van der Waals surface area contributed by atoms with Gasteiger partial charge in [0.25, 0.3) is 5.91 Å². The smallest absolute Gasteiger partial charge is 0.254 e. The third-order valence-corrected chi connectivity index (χ3v) is 4.46. The highest BCUT2D eigenvalue weighted by atomic mass is 16.5. The zero-order valence-corrected chi connectivity index (χ0v) is 15.0. The lowest BCUT2D eigenvalue weighted by atomic mass is 9.98. The Morgan fingerprint density at radius 2 is 2.12 bits per heavy atom. The fourth-order valence-corrected chi connectivity index (χ4v) is 3.30. The van der Waals surface area contributed by atoms with Gasteiger partial charge in [-0.15, -0.1) is 0 Å². The molecule has 1 amide bonds. The van der Waals surface area contributed by atoms with Gasteiger partial charge in [0.1, 0.15) is 5.75 Å². The number of rotatable bonds is 6. The van der Waals surface area contributed by atoms with Gasteiger partial charge in [-0.25, -0.2) is 0 Å². The van der Waals surface area contributed by atoms with Crippen LogP contribution in [0, 0.1) is 12.8 Å². The lowest BCUT2D eigenvalue weighted by Crippen LogP contribution is -2.21. The Kier molecular flexibility index (Phi) is 5.04. The molecule has 1 aliphatic rings. The van der Waals surface area contributed by atoms with E-state index in [1.54, 1.807) is 6.20 Å². The van der Waals surface area contributed by atoms with Crippen molar-refractivity contribution in [1.82, 2.24) is 10.3 Å². The molecular formula is C20H25N3O2. The summed E-state index contributed by atoms with van der Waals surface area (Å²) >= 11 is 0. The molecule has 3 N–H and O–H groups in total. The van der Waals surface area contributed by atoms with Crippen molar-refractivity contribution in [3.05, 3.63) is 47.3 Å². The fraction of sp³-hybridized carbons (Fsp3) is 0.400. The summed E-state index contributed by atoms with van der Waals surface area (Å²) in [6.45, 7) is 7.33. The van der Waals surface area contributed by atoms with Gasteiger partial charge in [-0.2, -0.15) is 0 Å². The number of fused-ring (bicyclic) bond motifs is 1. The molecule has 1 aromatic carbocycles. The van der Waals surface area contributed by atoms with Gasteiger partial charge in [0.05, 0.1) is 24.4 Å². The van der Waals surface area contributed by atoms with E-state index in [0.717, 1.165) is 34.6 Å². The minimum Gasteiger partial charge on any atom is -0.493 e. The minimum atomic E-state index is -0.0548. The van der Waals surface area contributed by atoms with Crippen LogP contribution < -0.4 is 15.8 Å². The average molecular weight is 339 g/mol. The molecule has 0 saturated carbocycles. The molecule has 0 aliphatic carbocycles. The van der Waals surface area contributed by atoms with Gasteiger partial charge in [0, 0.05) is 12.2 Å². The van der Waals surface area contributed by atoms with Crippen molar-refractivity contribution in [3.8, 4) is 16.9 Å². The first-order chi connectivity index (χ1) is 12.0. The summed E-state index contributed by atoms with van der Waals surface area (Å²) in [4.78, 5) is 16.4. The van der Waals surface area contributed by atoms with Crippen LogP contribution in [0.25, 0.3) is 11.1 Å². The molecular weight excluding hydrogens is 314 g/mol. The number of carbonyl (C=O) groups is 1. The van der Waals surface area contributed by atoms with E-state index in [-0.39, 0.29) is 11.9 Å². The maximum Gasteiger partial charge on any atom is 0.254 e. The number of hydrogen-bond acceptors (Lipinski definition) is 4. The fourth-order valence-electron chi connectivity index (χ4n) is 3.30. The van der Waals surface area contributed by atoms with Gasteiger partial charge in [-0.05, 0) is 61.1 Å². The van der Waals surface area contributed by atoms with E-state index in [9.17, 15) is 4.79 Å². The number of ether oxygens (including phenoxy) is 1. The second kappa shape index (κ2) is 7.23. The molecule has 5 nitrogen and oxygen atoms in total. The molecule has 2 unspecified atom stereocenters. The van der Waals surface area contributed by atoms with E-state index < -0.39 is 0 Å². The number of aromatic nitrogens is 1. The topological polar surface area (TPSA) is 77.2 Å². The van der Waals surface area contributed by atoms with E-state index in [2.05, 4.69) is 23.3 Å². The molecule has 2 aromatic rings. The van der Waals surface area contributed by atoms with Crippen molar-refractivity contribution < 1.29 is 9.53 Å². The van der Waals surface area contributed by atoms with E-state index in [4.69, 9.17) is 10.5 Å². The zero-order chi connectivity index (χ0) is 18.0. The van der Waals surface area contributed by atoms with Crippen LogP contribution in [0.4, 0.5) is 0 Å². The lowest BCUT2D eigenvalue weighted by molar-refractivity contribution is 0.0966. The Labute approximate surface area is 148 Å². The summed E-state index contributed by atoms with van der Waals surface area (Å²) in [5.41, 5.74) is 10.3. The Bertz CT molecular complexity index is 787. The van der Waals surface area contributed by atoms with Crippen molar-refractivity contribution in [2.45, 2.75) is 39.8 Å². The van der Waals surface area contributed by atoms with Crippen LogP contribution in [-0.2, 0) is 6.54 Å². The van der Waals surface area contributed by atoms with Crippen molar-refractivity contribution in [1.29, 1.82) is 0 Å². The molecule has 25 heavy (non-hydrogen) atoms. The quantitative estimate of drug-likeness (QED) is 0.848. The normalized spacial score (nSPS) is 15.4. The monoisotopic (exact) mass is 339 g/mol. The van der Waals surface area contributed by atoms with Gasteiger partial charge < -0.3 is 15.8 Å². The third-order valence-electron chi connectivity index (χ3n) is 4.46. The number of nitrogens with one attached hydrogen (secondary N) is 1. The predicted octanol–water partition coefficient (Wildman–Crippen LogP) is 3.05. The summed E-state index contributed by atoms with van der Waals surface area (Å²) in [7, 11) is 0. The summed E-state index contributed by atoms with van der Waals surface area (Å²) in [6, 6.07) is 8.11. The first-order valence-electron chi connectivity index (χ1n) is 8.71. The summed E-state index contributed by atoms with van der Waals surface area (Å²) in [5.74, 6) is 1.22. The Morgan fingerprint density at radius 1 is 1.32 bits per heavy atom. The van der Waals surface area contributed by atoms with Gasteiger partial charge in [-0.1, -0.05) is 13.0 Å². The van der Waals surface area contributed by atoms with Crippen LogP contribution >= 0.6 is 0 Å². The van der Waals surface area contributed by atoms with E-state index in [0.29, 0.717) is 24.6 Å². The molecule has 3 rings (SSSR count). The number of nitrogens with zero attached hydrogens (tertiary/aromatic N) is 1. The molecule has 132 valence electrons. The molecule has 5 heteroatoms. The molecule has 0 fully saturated rings. The maximum absolute atomic E-state index is 12.1. The first kappa shape index (κ1) is 17.4. The van der Waals surface area contributed by atoms with Crippen molar-refractivity contribution >= 4 is 5.91 Å². The largest absolute Gasteiger partial charge is 0.493 e. The standard InChI is InChI=1S/C20H25N3O2/c1-12(8-14(3)21)11-25-18-5-4-15(9-13(18)2)16-6-7-22-17-10-23-20(24)19(16)17/h4-7,9,12,14H,8,10-11,21H2,1-3H3,(H,23,24).